The molecule has 5 atom stereocenters. The van der Waals surface area contributed by atoms with Crippen LogP contribution in [0.2, 0.25) is 0 Å². The number of hydrogen-bond acceptors (Lipinski definition) is 5. The highest BCUT2D eigenvalue weighted by Gasteiger charge is 2.58. The Bertz CT molecular complexity index is 1090. The largest absolute Gasteiger partial charge is 0.488 e. The van der Waals surface area contributed by atoms with Gasteiger partial charge in [0.25, 0.3) is 0 Å². The van der Waals surface area contributed by atoms with Crippen LogP contribution < -0.4 is 10.8 Å². The second-order valence-electron chi connectivity index (χ2n) is 11.0. The van der Waals surface area contributed by atoms with Crippen LogP contribution in [0.1, 0.15) is 68.2 Å². The summed E-state index contributed by atoms with van der Waals surface area (Å²) in [6, 6.07) is 11.6. The average Bonchev–Trinajstić information content (AvgIpc) is 3.12. The number of aromatic nitrogens is 1. The van der Waals surface area contributed by atoms with E-state index in [1.807, 2.05) is 30.3 Å². The molecule has 2 aromatic rings. The van der Waals surface area contributed by atoms with Gasteiger partial charge < -0.3 is 15.4 Å². The summed E-state index contributed by atoms with van der Waals surface area (Å²) < 4.78 is 0. The third-order valence-corrected chi connectivity index (χ3v) is 9.06. The van der Waals surface area contributed by atoms with Gasteiger partial charge in [0.1, 0.15) is 5.78 Å². The minimum atomic E-state index is -1.44. The fourth-order valence-electron chi connectivity index (χ4n) is 7.37. The van der Waals surface area contributed by atoms with Gasteiger partial charge in [-0.05, 0) is 84.5 Å². The molecule has 3 N–H and O–H groups in total. The maximum atomic E-state index is 13.2. The zero-order valence-electron chi connectivity index (χ0n) is 20.5. The van der Waals surface area contributed by atoms with Crippen molar-refractivity contribution < 1.29 is 19.6 Å². The van der Waals surface area contributed by atoms with E-state index in [4.69, 9.17) is 0 Å². The summed E-state index contributed by atoms with van der Waals surface area (Å²) in [6.45, 7) is 2.75. The number of nitrogens with zero attached hydrogens (tertiary/aromatic N) is 1. The number of ketones is 1. The van der Waals surface area contributed by atoms with Crippen molar-refractivity contribution in [1.82, 2.24) is 10.3 Å². The van der Waals surface area contributed by atoms with Crippen molar-refractivity contribution in [3.63, 3.8) is 0 Å². The fraction of sp³-hybridized carbons (Fsp3) is 0.536. The first-order chi connectivity index (χ1) is 16.9. The van der Waals surface area contributed by atoms with Gasteiger partial charge in [-0.25, -0.2) is 0 Å². The Morgan fingerprint density at radius 2 is 2.09 bits per heavy atom. The molecule has 6 nitrogen and oxygen atoms in total. The number of Topliss-reactive ketones (excluding diaryl/α,β-unsaturated/α-hetero) is 1. The van der Waals surface area contributed by atoms with E-state index in [-0.39, 0.29) is 17.2 Å². The monoisotopic (exact) mass is 474 g/mol. The number of carbonyl (C=O) groups excluding carboxylic acids is 2. The quantitative estimate of drug-likeness (QED) is 0.536. The van der Waals surface area contributed by atoms with E-state index in [0.717, 1.165) is 37.8 Å². The SMILES string of the molecule is C[C@]12CCC3c4ccc(B(O)O)cc4CCC3C1[C@H](CCC(=O)NCCc1ccccn1)CC2=O. The molecule has 0 bridgehead atoms. The number of nitrogens with one attached hydrogen (secondary N) is 1. The van der Waals surface area contributed by atoms with Crippen molar-refractivity contribution in [2.45, 2.75) is 64.2 Å². The number of fused-ring (bicyclic) bond motifs is 5. The molecular formula is C28H35BN2O4. The van der Waals surface area contributed by atoms with Crippen molar-refractivity contribution >= 4 is 24.3 Å². The minimum absolute atomic E-state index is 0.0541. The predicted octanol–water partition coefficient (Wildman–Crippen LogP) is 2.55. The topological polar surface area (TPSA) is 99.5 Å². The first kappa shape index (κ1) is 24.2. The molecular weight excluding hydrogens is 439 g/mol. The lowest BCUT2D eigenvalue weighted by Gasteiger charge is -2.50. The second kappa shape index (κ2) is 9.86. The fourth-order valence-corrected chi connectivity index (χ4v) is 7.37. The zero-order chi connectivity index (χ0) is 24.6. The summed E-state index contributed by atoms with van der Waals surface area (Å²) in [4.78, 5) is 30.1. The molecule has 1 amide bonds. The number of amides is 1. The number of carbonyl (C=O) groups is 2. The summed E-state index contributed by atoms with van der Waals surface area (Å²) in [5.74, 6) is 1.84. The van der Waals surface area contributed by atoms with E-state index in [1.54, 1.807) is 6.20 Å². The van der Waals surface area contributed by atoms with Crippen molar-refractivity contribution in [2.75, 3.05) is 6.54 Å². The van der Waals surface area contributed by atoms with Crippen LogP contribution in [-0.4, -0.2) is 40.4 Å². The molecule has 0 radical (unpaired) electrons. The molecule has 0 saturated heterocycles. The van der Waals surface area contributed by atoms with Crippen LogP contribution in [-0.2, 0) is 22.4 Å². The van der Waals surface area contributed by atoms with E-state index in [2.05, 4.69) is 23.3 Å². The molecule has 2 fully saturated rings. The summed E-state index contributed by atoms with van der Waals surface area (Å²) in [5, 5.41) is 22.2. The Kier molecular flexibility index (Phi) is 6.82. The van der Waals surface area contributed by atoms with E-state index in [9.17, 15) is 19.6 Å². The number of pyridine rings is 1. The summed E-state index contributed by atoms with van der Waals surface area (Å²) >= 11 is 0. The lowest BCUT2D eigenvalue weighted by atomic mass is 9.53. The van der Waals surface area contributed by atoms with E-state index in [0.29, 0.717) is 54.8 Å². The first-order valence-electron chi connectivity index (χ1n) is 13.1. The smallest absolute Gasteiger partial charge is 0.423 e. The van der Waals surface area contributed by atoms with Crippen molar-refractivity contribution in [3.8, 4) is 0 Å². The molecule has 7 heteroatoms. The second-order valence-corrected chi connectivity index (χ2v) is 11.0. The number of aryl methyl sites for hydroxylation is 1. The summed E-state index contributed by atoms with van der Waals surface area (Å²) in [5.41, 5.74) is 3.77. The third kappa shape index (κ3) is 4.68. The van der Waals surface area contributed by atoms with Crippen LogP contribution >= 0.6 is 0 Å². The van der Waals surface area contributed by atoms with Gasteiger partial charge in [-0.2, -0.15) is 0 Å². The normalized spacial score (nSPS) is 29.2. The first-order valence-corrected chi connectivity index (χ1v) is 13.1. The van der Waals surface area contributed by atoms with Gasteiger partial charge in [-0.1, -0.05) is 31.2 Å². The van der Waals surface area contributed by atoms with Crippen LogP contribution in [0, 0.1) is 23.2 Å². The maximum Gasteiger partial charge on any atom is 0.488 e. The van der Waals surface area contributed by atoms with Crippen LogP contribution in [0.15, 0.2) is 42.6 Å². The van der Waals surface area contributed by atoms with Crippen molar-refractivity contribution in [3.05, 3.63) is 59.4 Å². The Balaban J connectivity index is 1.25. The van der Waals surface area contributed by atoms with E-state index in [1.165, 1.54) is 11.1 Å². The highest BCUT2D eigenvalue weighted by molar-refractivity contribution is 6.58. The van der Waals surface area contributed by atoms with Crippen LogP contribution in [0.5, 0.6) is 0 Å². The molecule has 3 unspecified atom stereocenters. The van der Waals surface area contributed by atoms with Crippen LogP contribution in [0.25, 0.3) is 0 Å². The van der Waals surface area contributed by atoms with Crippen LogP contribution in [0.4, 0.5) is 0 Å². The lowest BCUT2D eigenvalue weighted by molar-refractivity contribution is -0.129. The number of hydrogen-bond donors (Lipinski definition) is 3. The highest BCUT2D eigenvalue weighted by Crippen LogP contribution is 2.62. The Hall–Kier alpha value is -2.51. The maximum absolute atomic E-state index is 13.2. The lowest BCUT2D eigenvalue weighted by Crippen LogP contribution is -2.44. The molecule has 0 aliphatic heterocycles. The molecule has 1 heterocycles. The third-order valence-electron chi connectivity index (χ3n) is 9.06. The van der Waals surface area contributed by atoms with Crippen LogP contribution in [0.3, 0.4) is 0 Å². The molecule has 184 valence electrons. The van der Waals surface area contributed by atoms with Gasteiger partial charge in [0.05, 0.1) is 0 Å². The molecule has 1 aromatic heterocycles. The number of benzene rings is 1. The Morgan fingerprint density at radius 1 is 1.23 bits per heavy atom. The summed E-state index contributed by atoms with van der Waals surface area (Å²) in [7, 11) is -1.44. The van der Waals surface area contributed by atoms with E-state index >= 15 is 0 Å². The number of rotatable bonds is 7. The van der Waals surface area contributed by atoms with Gasteiger partial charge in [0, 0.05) is 43.1 Å². The molecule has 35 heavy (non-hydrogen) atoms. The van der Waals surface area contributed by atoms with Gasteiger partial charge in [-0.3, -0.25) is 14.6 Å². The molecule has 1 aromatic carbocycles. The predicted molar refractivity (Wildman–Crippen MR) is 135 cm³/mol. The van der Waals surface area contributed by atoms with E-state index < -0.39 is 7.12 Å². The van der Waals surface area contributed by atoms with Gasteiger partial charge in [0.2, 0.25) is 5.91 Å². The van der Waals surface area contributed by atoms with Crippen molar-refractivity contribution in [1.29, 1.82) is 0 Å². The Labute approximate surface area is 207 Å². The van der Waals surface area contributed by atoms with Gasteiger partial charge >= 0.3 is 7.12 Å². The highest BCUT2D eigenvalue weighted by atomic mass is 16.4. The molecule has 5 rings (SSSR count). The minimum Gasteiger partial charge on any atom is -0.423 e. The van der Waals surface area contributed by atoms with Gasteiger partial charge in [-0.15, -0.1) is 0 Å². The Morgan fingerprint density at radius 3 is 2.86 bits per heavy atom. The summed E-state index contributed by atoms with van der Waals surface area (Å²) in [6.07, 6.45) is 8.10. The van der Waals surface area contributed by atoms with Crippen molar-refractivity contribution in [2.24, 2.45) is 23.2 Å². The standard InChI is InChI=1S/C28H35BN2O4/c1-28-13-11-23-22-9-7-20(29(34)35)16-18(22)5-8-24(23)27(28)19(17-25(28)32)6-10-26(33)31-15-12-21-4-2-3-14-30-21/h2-4,7,9,14,16,19,23-24,27,34-35H,5-6,8,10-13,15,17H2,1H3,(H,31,33)/t19-,23?,24?,27?,28-/m1/s1. The molecule has 2 saturated carbocycles. The average molecular weight is 474 g/mol. The molecule has 3 aliphatic carbocycles. The zero-order valence-corrected chi connectivity index (χ0v) is 20.5. The van der Waals surface area contributed by atoms with Gasteiger partial charge in [0.15, 0.2) is 0 Å². The molecule has 0 spiro atoms. The molecule has 3 aliphatic rings.